The Morgan fingerprint density at radius 3 is 2.94 bits per heavy atom. The van der Waals surface area contributed by atoms with Crippen molar-refractivity contribution in [2.24, 2.45) is 0 Å². The van der Waals surface area contributed by atoms with E-state index in [1.807, 2.05) is 24.4 Å². The number of carbonyl (C=O) groups is 1. The summed E-state index contributed by atoms with van der Waals surface area (Å²) < 4.78 is 0. The molecule has 2 N–H and O–H groups in total. The molecule has 90 valence electrons. The van der Waals surface area contributed by atoms with Crippen LogP contribution in [0.15, 0.2) is 17.5 Å². The molecule has 1 aromatic heterocycles. The van der Waals surface area contributed by atoms with Crippen LogP contribution in [-0.4, -0.2) is 36.2 Å². The highest BCUT2D eigenvalue weighted by atomic mass is 32.1. The standard InChI is InChI=1S/C11H18N2O2S/c1-3-9(10-5-4-8-16-10)12-11(15)13(2)6-7-14/h4-5,8-9,14H,3,6-7H2,1-2H3,(H,12,15). The van der Waals surface area contributed by atoms with Crippen molar-refractivity contribution in [2.75, 3.05) is 20.2 Å². The third-order valence-corrected chi connectivity index (χ3v) is 3.36. The normalized spacial score (nSPS) is 12.2. The van der Waals surface area contributed by atoms with E-state index in [1.165, 1.54) is 4.90 Å². The highest BCUT2D eigenvalue weighted by Gasteiger charge is 2.15. The average Bonchev–Trinajstić information content (AvgIpc) is 2.79. The molecule has 0 fully saturated rings. The molecule has 0 aliphatic rings. The molecular weight excluding hydrogens is 224 g/mol. The second kappa shape index (κ2) is 6.50. The summed E-state index contributed by atoms with van der Waals surface area (Å²) in [5.74, 6) is 0. The number of amides is 2. The van der Waals surface area contributed by atoms with E-state index in [0.29, 0.717) is 6.54 Å². The third-order valence-electron chi connectivity index (χ3n) is 2.37. The number of nitrogens with one attached hydrogen (secondary N) is 1. The summed E-state index contributed by atoms with van der Waals surface area (Å²) in [5, 5.41) is 13.7. The zero-order valence-electron chi connectivity index (χ0n) is 9.64. The lowest BCUT2D eigenvalue weighted by Gasteiger charge is -2.21. The van der Waals surface area contributed by atoms with Crippen LogP contribution in [0.4, 0.5) is 4.79 Å². The van der Waals surface area contributed by atoms with Crippen LogP contribution in [0.3, 0.4) is 0 Å². The van der Waals surface area contributed by atoms with Crippen molar-refractivity contribution in [3.8, 4) is 0 Å². The maximum absolute atomic E-state index is 11.7. The summed E-state index contributed by atoms with van der Waals surface area (Å²) in [6.45, 7) is 2.38. The van der Waals surface area contributed by atoms with Gasteiger partial charge < -0.3 is 15.3 Å². The fraction of sp³-hybridized carbons (Fsp3) is 0.545. The van der Waals surface area contributed by atoms with E-state index in [2.05, 4.69) is 5.32 Å². The van der Waals surface area contributed by atoms with Gasteiger partial charge in [-0.25, -0.2) is 4.79 Å². The lowest BCUT2D eigenvalue weighted by molar-refractivity contribution is 0.187. The predicted molar refractivity (Wildman–Crippen MR) is 65.6 cm³/mol. The van der Waals surface area contributed by atoms with Gasteiger partial charge in [-0.15, -0.1) is 11.3 Å². The molecule has 0 aliphatic heterocycles. The first kappa shape index (κ1) is 13.0. The second-order valence-corrected chi connectivity index (χ2v) is 4.55. The molecule has 1 aromatic rings. The molecule has 0 saturated heterocycles. The summed E-state index contributed by atoms with van der Waals surface area (Å²) in [6.07, 6.45) is 0.860. The number of hydrogen-bond donors (Lipinski definition) is 2. The number of likely N-dealkylation sites (N-methyl/N-ethyl adjacent to an activating group) is 1. The van der Waals surface area contributed by atoms with Gasteiger partial charge in [0.05, 0.1) is 12.6 Å². The first-order chi connectivity index (χ1) is 7.69. The summed E-state index contributed by atoms with van der Waals surface area (Å²) >= 11 is 1.64. The minimum Gasteiger partial charge on any atom is -0.395 e. The van der Waals surface area contributed by atoms with E-state index in [-0.39, 0.29) is 18.7 Å². The predicted octanol–water partition coefficient (Wildman–Crippen LogP) is 1.83. The molecule has 2 amide bonds. The molecule has 5 heteroatoms. The number of aliphatic hydroxyl groups excluding tert-OH is 1. The highest BCUT2D eigenvalue weighted by Crippen LogP contribution is 2.21. The third kappa shape index (κ3) is 3.50. The van der Waals surface area contributed by atoms with Gasteiger partial charge in [0.2, 0.25) is 0 Å². The lowest BCUT2D eigenvalue weighted by Crippen LogP contribution is -2.40. The minimum absolute atomic E-state index is 0.0142. The van der Waals surface area contributed by atoms with Gasteiger partial charge >= 0.3 is 6.03 Å². The number of nitrogens with zero attached hydrogens (tertiary/aromatic N) is 1. The highest BCUT2D eigenvalue weighted by molar-refractivity contribution is 7.10. The summed E-state index contributed by atoms with van der Waals surface area (Å²) in [7, 11) is 1.67. The van der Waals surface area contributed by atoms with Crippen LogP contribution in [0.5, 0.6) is 0 Å². The number of urea groups is 1. The number of rotatable bonds is 5. The number of thiophene rings is 1. The fourth-order valence-electron chi connectivity index (χ4n) is 1.37. The largest absolute Gasteiger partial charge is 0.395 e. The van der Waals surface area contributed by atoms with Crippen LogP contribution >= 0.6 is 11.3 Å². The van der Waals surface area contributed by atoms with E-state index >= 15 is 0 Å². The zero-order chi connectivity index (χ0) is 12.0. The van der Waals surface area contributed by atoms with Crippen molar-refractivity contribution in [1.82, 2.24) is 10.2 Å². The van der Waals surface area contributed by atoms with Gasteiger partial charge in [-0.3, -0.25) is 0 Å². The van der Waals surface area contributed by atoms with E-state index in [4.69, 9.17) is 5.11 Å². The van der Waals surface area contributed by atoms with E-state index in [9.17, 15) is 4.79 Å². The Hall–Kier alpha value is -1.07. The minimum atomic E-state index is -0.144. The average molecular weight is 242 g/mol. The maximum atomic E-state index is 11.7. The molecule has 1 heterocycles. The zero-order valence-corrected chi connectivity index (χ0v) is 10.5. The monoisotopic (exact) mass is 242 g/mol. The Morgan fingerprint density at radius 1 is 1.69 bits per heavy atom. The van der Waals surface area contributed by atoms with Gasteiger partial charge in [0, 0.05) is 18.5 Å². The van der Waals surface area contributed by atoms with Crippen LogP contribution in [0.2, 0.25) is 0 Å². The molecule has 1 atom stereocenters. The lowest BCUT2D eigenvalue weighted by atomic mass is 10.2. The summed E-state index contributed by atoms with van der Waals surface area (Å²) in [6, 6.07) is 3.92. The Balaban J connectivity index is 2.54. The number of hydrogen-bond acceptors (Lipinski definition) is 3. The topological polar surface area (TPSA) is 52.6 Å². The maximum Gasteiger partial charge on any atom is 0.317 e. The fourth-order valence-corrected chi connectivity index (χ4v) is 2.24. The van der Waals surface area contributed by atoms with Crippen LogP contribution in [0.25, 0.3) is 0 Å². The number of carbonyl (C=O) groups excluding carboxylic acids is 1. The van der Waals surface area contributed by atoms with Crippen molar-refractivity contribution >= 4 is 17.4 Å². The number of aliphatic hydroxyl groups is 1. The van der Waals surface area contributed by atoms with Crippen molar-refractivity contribution in [1.29, 1.82) is 0 Å². The molecule has 16 heavy (non-hydrogen) atoms. The van der Waals surface area contributed by atoms with Crippen LogP contribution in [0, 0.1) is 0 Å². The first-order valence-corrected chi connectivity index (χ1v) is 6.22. The SMILES string of the molecule is CCC(NC(=O)N(C)CCO)c1cccs1. The quantitative estimate of drug-likeness (QED) is 0.827. The van der Waals surface area contributed by atoms with E-state index < -0.39 is 0 Å². The van der Waals surface area contributed by atoms with Gasteiger partial charge in [0.25, 0.3) is 0 Å². The van der Waals surface area contributed by atoms with Gasteiger partial charge in [-0.2, -0.15) is 0 Å². The van der Waals surface area contributed by atoms with Crippen molar-refractivity contribution in [2.45, 2.75) is 19.4 Å². The van der Waals surface area contributed by atoms with Crippen LogP contribution in [-0.2, 0) is 0 Å². The second-order valence-electron chi connectivity index (χ2n) is 3.57. The molecule has 0 saturated carbocycles. The van der Waals surface area contributed by atoms with Crippen LogP contribution in [0.1, 0.15) is 24.3 Å². The molecule has 1 rings (SSSR count). The van der Waals surface area contributed by atoms with Crippen molar-refractivity contribution in [3.05, 3.63) is 22.4 Å². The molecule has 4 nitrogen and oxygen atoms in total. The van der Waals surface area contributed by atoms with Crippen molar-refractivity contribution < 1.29 is 9.90 Å². The smallest absolute Gasteiger partial charge is 0.317 e. The Labute approximate surface area is 99.9 Å². The van der Waals surface area contributed by atoms with E-state index in [0.717, 1.165) is 11.3 Å². The van der Waals surface area contributed by atoms with Crippen LogP contribution < -0.4 is 5.32 Å². The Morgan fingerprint density at radius 2 is 2.44 bits per heavy atom. The van der Waals surface area contributed by atoms with Gasteiger partial charge in [-0.1, -0.05) is 13.0 Å². The summed E-state index contributed by atoms with van der Waals surface area (Å²) in [5.41, 5.74) is 0. The van der Waals surface area contributed by atoms with Gasteiger partial charge in [0.1, 0.15) is 0 Å². The Bertz CT molecular complexity index is 314. The molecule has 0 aromatic carbocycles. The first-order valence-electron chi connectivity index (χ1n) is 5.35. The van der Waals surface area contributed by atoms with Gasteiger partial charge in [0.15, 0.2) is 0 Å². The molecule has 0 spiro atoms. The van der Waals surface area contributed by atoms with Gasteiger partial charge in [-0.05, 0) is 17.9 Å². The molecule has 0 aliphatic carbocycles. The molecule has 0 bridgehead atoms. The van der Waals surface area contributed by atoms with Crippen molar-refractivity contribution in [3.63, 3.8) is 0 Å². The Kier molecular flexibility index (Phi) is 5.28. The molecular formula is C11H18N2O2S. The summed E-state index contributed by atoms with van der Waals surface area (Å²) in [4.78, 5) is 14.3. The molecule has 0 radical (unpaired) electrons. The van der Waals surface area contributed by atoms with E-state index in [1.54, 1.807) is 18.4 Å². The molecule has 1 unspecified atom stereocenters.